The quantitative estimate of drug-likeness (QED) is 0.893. The molecule has 0 saturated carbocycles. The van der Waals surface area contributed by atoms with Gasteiger partial charge in [-0.05, 0) is 49.0 Å². The van der Waals surface area contributed by atoms with Gasteiger partial charge in [-0.15, -0.1) is 11.3 Å². The average Bonchev–Trinajstić information content (AvgIpc) is 2.53. The maximum atomic E-state index is 5.59. The van der Waals surface area contributed by atoms with Crippen LogP contribution in [0.1, 0.15) is 24.8 Å². The Hall–Kier alpha value is 0.1000. The van der Waals surface area contributed by atoms with Crippen LogP contribution < -0.4 is 5.32 Å². The second kappa shape index (κ2) is 5.85. The number of rotatable bonds is 5. The molecule has 0 aliphatic carbocycles. The molecule has 1 rings (SSSR count). The summed E-state index contributed by atoms with van der Waals surface area (Å²) < 4.78 is 6.75. The van der Waals surface area contributed by atoms with E-state index < -0.39 is 0 Å². The predicted molar refractivity (Wildman–Crippen MR) is 64.9 cm³/mol. The van der Waals surface area contributed by atoms with Gasteiger partial charge in [-0.1, -0.05) is 0 Å². The van der Waals surface area contributed by atoms with Crippen LogP contribution in [-0.2, 0) is 4.74 Å². The summed E-state index contributed by atoms with van der Waals surface area (Å²) in [5.74, 6) is 0. The summed E-state index contributed by atoms with van der Waals surface area (Å²) in [5.41, 5.74) is 0. The van der Waals surface area contributed by atoms with Crippen molar-refractivity contribution in [1.29, 1.82) is 0 Å². The third-order valence-electron chi connectivity index (χ3n) is 1.88. The molecule has 1 heterocycles. The van der Waals surface area contributed by atoms with E-state index in [1.165, 1.54) is 4.88 Å². The molecule has 4 heteroatoms. The first kappa shape index (κ1) is 12.2. The SMILES string of the molecule is CNC(COC(C)C)c1ccc(Br)s1. The molecule has 0 aliphatic rings. The fourth-order valence-corrected chi connectivity index (χ4v) is 2.63. The van der Waals surface area contributed by atoms with E-state index in [4.69, 9.17) is 4.74 Å². The van der Waals surface area contributed by atoms with E-state index in [0.29, 0.717) is 6.04 Å². The summed E-state index contributed by atoms with van der Waals surface area (Å²) >= 11 is 5.21. The molecule has 14 heavy (non-hydrogen) atoms. The first-order valence-corrected chi connectivity index (χ1v) is 6.28. The number of halogens is 1. The van der Waals surface area contributed by atoms with Crippen molar-refractivity contribution in [2.24, 2.45) is 0 Å². The molecular weight excluding hydrogens is 262 g/mol. The summed E-state index contributed by atoms with van der Waals surface area (Å²) in [4.78, 5) is 1.31. The maximum Gasteiger partial charge on any atom is 0.0702 e. The number of hydrogen-bond acceptors (Lipinski definition) is 3. The van der Waals surface area contributed by atoms with Gasteiger partial charge >= 0.3 is 0 Å². The van der Waals surface area contributed by atoms with Crippen molar-refractivity contribution < 1.29 is 4.74 Å². The van der Waals surface area contributed by atoms with E-state index in [1.54, 1.807) is 11.3 Å². The molecule has 0 spiro atoms. The second-order valence-electron chi connectivity index (χ2n) is 3.37. The van der Waals surface area contributed by atoms with E-state index in [0.717, 1.165) is 10.4 Å². The van der Waals surface area contributed by atoms with Crippen molar-refractivity contribution in [3.8, 4) is 0 Å². The lowest BCUT2D eigenvalue weighted by Crippen LogP contribution is -2.22. The largest absolute Gasteiger partial charge is 0.377 e. The molecule has 2 nitrogen and oxygen atoms in total. The highest BCUT2D eigenvalue weighted by Crippen LogP contribution is 2.27. The van der Waals surface area contributed by atoms with Gasteiger partial charge in [0.05, 0.1) is 22.5 Å². The lowest BCUT2D eigenvalue weighted by atomic mass is 10.2. The van der Waals surface area contributed by atoms with E-state index in [2.05, 4.69) is 47.2 Å². The van der Waals surface area contributed by atoms with Crippen LogP contribution >= 0.6 is 27.3 Å². The van der Waals surface area contributed by atoms with Gasteiger partial charge in [0, 0.05) is 4.88 Å². The van der Waals surface area contributed by atoms with Crippen molar-refractivity contribution in [3.63, 3.8) is 0 Å². The minimum atomic E-state index is 0.286. The summed E-state index contributed by atoms with van der Waals surface area (Å²) in [6.45, 7) is 4.83. The van der Waals surface area contributed by atoms with Gasteiger partial charge in [0.15, 0.2) is 0 Å². The highest BCUT2D eigenvalue weighted by molar-refractivity contribution is 9.11. The molecule has 0 bridgehead atoms. The molecule has 1 aromatic rings. The first-order chi connectivity index (χ1) is 6.63. The van der Waals surface area contributed by atoms with Crippen LogP contribution in [0, 0.1) is 0 Å². The Bertz CT molecular complexity index is 275. The van der Waals surface area contributed by atoms with Gasteiger partial charge in [0.2, 0.25) is 0 Å². The monoisotopic (exact) mass is 277 g/mol. The van der Waals surface area contributed by atoms with E-state index >= 15 is 0 Å². The van der Waals surface area contributed by atoms with E-state index in [1.807, 2.05) is 7.05 Å². The van der Waals surface area contributed by atoms with Crippen LogP contribution in [0.25, 0.3) is 0 Å². The zero-order valence-electron chi connectivity index (χ0n) is 8.71. The Morgan fingerprint density at radius 3 is 2.64 bits per heavy atom. The molecule has 0 amide bonds. The van der Waals surface area contributed by atoms with E-state index in [-0.39, 0.29) is 6.10 Å². The van der Waals surface area contributed by atoms with E-state index in [9.17, 15) is 0 Å². The standard InChI is InChI=1S/C10H16BrNOS/c1-7(2)13-6-8(12-3)9-4-5-10(11)14-9/h4-5,7-8,12H,6H2,1-3H3. The molecular formula is C10H16BrNOS. The minimum Gasteiger partial charge on any atom is -0.377 e. The average molecular weight is 278 g/mol. The Labute approximate surface area is 97.8 Å². The molecule has 1 unspecified atom stereocenters. The first-order valence-electron chi connectivity index (χ1n) is 4.67. The van der Waals surface area contributed by atoms with Crippen molar-refractivity contribution in [1.82, 2.24) is 5.32 Å². The Morgan fingerprint density at radius 2 is 2.21 bits per heavy atom. The van der Waals surface area contributed by atoms with Crippen molar-refractivity contribution in [2.75, 3.05) is 13.7 Å². The zero-order chi connectivity index (χ0) is 10.6. The molecule has 0 saturated heterocycles. The molecule has 1 atom stereocenters. The van der Waals surface area contributed by atoms with Crippen molar-refractivity contribution in [2.45, 2.75) is 26.0 Å². The lowest BCUT2D eigenvalue weighted by molar-refractivity contribution is 0.0632. The highest BCUT2D eigenvalue weighted by Gasteiger charge is 2.12. The molecule has 80 valence electrons. The van der Waals surface area contributed by atoms with Gasteiger partial charge in [-0.2, -0.15) is 0 Å². The second-order valence-corrected chi connectivity index (χ2v) is 5.86. The minimum absolute atomic E-state index is 0.286. The third kappa shape index (κ3) is 3.69. The molecule has 1 aromatic heterocycles. The van der Waals surface area contributed by atoms with Gasteiger partial charge in [0.25, 0.3) is 0 Å². The van der Waals surface area contributed by atoms with Crippen LogP contribution in [-0.4, -0.2) is 19.8 Å². The number of thiophene rings is 1. The summed E-state index contributed by atoms with van der Waals surface area (Å²) in [6.07, 6.45) is 0.286. The highest BCUT2D eigenvalue weighted by atomic mass is 79.9. The van der Waals surface area contributed by atoms with Gasteiger partial charge in [-0.25, -0.2) is 0 Å². The van der Waals surface area contributed by atoms with Crippen molar-refractivity contribution >= 4 is 27.3 Å². The fraction of sp³-hybridized carbons (Fsp3) is 0.600. The molecule has 1 N–H and O–H groups in total. The van der Waals surface area contributed by atoms with Crippen LogP contribution in [0.4, 0.5) is 0 Å². The summed E-state index contributed by atoms with van der Waals surface area (Å²) in [6, 6.07) is 4.49. The predicted octanol–water partition coefficient (Wildman–Crippen LogP) is 3.20. The third-order valence-corrected chi connectivity index (χ3v) is 3.62. The fourth-order valence-electron chi connectivity index (χ4n) is 1.11. The molecule has 0 fully saturated rings. The Balaban J connectivity index is 2.54. The molecule has 0 aromatic carbocycles. The van der Waals surface area contributed by atoms with Gasteiger partial charge in [0.1, 0.15) is 0 Å². The van der Waals surface area contributed by atoms with Gasteiger partial charge < -0.3 is 10.1 Å². The summed E-state index contributed by atoms with van der Waals surface area (Å²) in [7, 11) is 1.96. The smallest absolute Gasteiger partial charge is 0.0702 e. The maximum absolute atomic E-state index is 5.59. The number of ether oxygens (including phenoxy) is 1. The van der Waals surface area contributed by atoms with Gasteiger partial charge in [-0.3, -0.25) is 0 Å². The van der Waals surface area contributed by atoms with Crippen molar-refractivity contribution in [3.05, 3.63) is 20.8 Å². The molecule has 0 radical (unpaired) electrons. The lowest BCUT2D eigenvalue weighted by Gasteiger charge is -2.16. The topological polar surface area (TPSA) is 21.3 Å². The van der Waals surface area contributed by atoms with Crippen LogP contribution in [0.15, 0.2) is 15.9 Å². The van der Waals surface area contributed by atoms with Crippen LogP contribution in [0.3, 0.4) is 0 Å². The Kier molecular flexibility index (Phi) is 5.09. The number of likely N-dealkylation sites (N-methyl/N-ethyl adjacent to an activating group) is 1. The normalized spacial score (nSPS) is 13.5. The zero-order valence-corrected chi connectivity index (χ0v) is 11.1. The summed E-state index contributed by atoms with van der Waals surface area (Å²) in [5, 5.41) is 3.25. The Morgan fingerprint density at radius 1 is 1.50 bits per heavy atom. The number of nitrogens with one attached hydrogen (secondary N) is 1. The van der Waals surface area contributed by atoms with Crippen LogP contribution in [0.2, 0.25) is 0 Å². The van der Waals surface area contributed by atoms with Crippen LogP contribution in [0.5, 0.6) is 0 Å². The molecule has 0 aliphatic heterocycles. The number of hydrogen-bond donors (Lipinski definition) is 1.